The van der Waals surface area contributed by atoms with Crippen LogP contribution in [-0.2, 0) is 0 Å². The molecule has 0 aromatic carbocycles. The van der Waals surface area contributed by atoms with Crippen molar-refractivity contribution in [3.8, 4) is 0 Å². The smallest absolute Gasteiger partial charge is 0.0811 e. The monoisotopic (exact) mass is 416 g/mol. The Morgan fingerprint density at radius 1 is 1.23 bits per heavy atom. The first-order chi connectivity index (χ1) is 14.0. The van der Waals surface area contributed by atoms with Crippen LogP contribution in [0.1, 0.15) is 91.9 Å². The number of aliphatic hydroxyl groups excluding tert-OH is 2. The third-order valence-electron chi connectivity index (χ3n) is 8.44. The Hall–Kier alpha value is -0.900. The van der Waals surface area contributed by atoms with Crippen LogP contribution in [-0.4, -0.2) is 33.1 Å². The minimum atomic E-state index is -0.615. The number of hydrogen-bond donors (Lipinski definition) is 3. The van der Waals surface area contributed by atoms with Gasteiger partial charge in [-0.25, -0.2) is 0 Å². The Kier molecular flexibility index (Phi) is 7.37. The highest BCUT2D eigenvalue weighted by Crippen LogP contribution is 2.60. The molecule has 3 N–H and O–H groups in total. The fourth-order valence-corrected chi connectivity index (χ4v) is 6.74. The average molecular weight is 417 g/mol. The van der Waals surface area contributed by atoms with Crippen LogP contribution in [0.15, 0.2) is 35.5 Å². The van der Waals surface area contributed by atoms with Crippen LogP contribution >= 0.6 is 0 Å². The van der Waals surface area contributed by atoms with Crippen LogP contribution in [0.4, 0.5) is 0 Å². The van der Waals surface area contributed by atoms with Crippen LogP contribution in [0.2, 0.25) is 0 Å². The largest absolute Gasteiger partial charge is 0.393 e. The lowest BCUT2D eigenvalue weighted by atomic mass is 9.60. The predicted octanol–water partition coefficient (Wildman–Crippen LogP) is 5.70. The lowest BCUT2D eigenvalue weighted by Crippen LogP contribution is -2.36. The minimum absolute atomic E-state index is 0.374. The van der Waals surface area contributed by atoms with E-state index in [1.807, 2.05) is 13.8 Å². The average Bonchev–Trinajstić information content (AvgIpc) is 3.00. The van der Waals surface area contributed by atoms with Crippen molar-refractivity contribution in [2.45, 2.75) is 110 Å². The molecule has 3 nitrogen and oxygen atoms in total. The molecule has 0 amide bonds. The van der Waals surface area contributed by atoms with Gasteiger partial charge in [-0.2, -0.15) is 0 Å². The van der Waals surface area contributed by atoms with E-state index in [1.165, 1.54) is 38.5 Å². The second kappa shape index (κ2) is 9.30. The van der Waals surface area contributed by atoms with Crippen LogP contribution in [0.5, 0.6) is 0 Å². The number of rotatable bonds is 6. The Morgan fingerprint density at radius 3 is 2.67 bits per heavy atom. The molecule has 6 atom stereocenters. The maximum absolute atomic E-state index is 10.1. The maximum atomic E-state index is 10.1. The molecule has 3 aliphatic carbocycles. The number of hydrogen-bond acceptors (Lipinski definition) is 3. The summed E-state index contributed by atoms with van der Waals surface area (Å²) in [6.45, 7) is 12.8. The van der Waals surface area contributed by atoms with Crippen molar-refractivity contribution in [3.63, 3.8) is 0 Å². The molecular weight excluding hydrogens is 372 g/mol. The molecule has 170 valence electrons. The second-order valence-electron chi connectivity index (χ2n) is 11.3. The van der Waals surface area contributed by atoms with Crippen molar-refractivity contribution in [1.82, 2.24) is 0 Å². The summed E-state index contributed by atoms with van der Waals surface area (Å²) >= 11 is 0. The quantitative estimate of drug-likeness (QED) is 0.520. The zero-order valence-electron chi connectivity index (χ0n) is 19.7. The van der Waals surface area contributed by atoms with Gasteiger partial charge in [0.15, 0.2) is 0 Å². The van der Waals surface area contributed by atoms with Gasteiger partial charge in [0, 0.05) is 6.42 Å². The van der Waals surface area contributed by atoms with Gasteiger partial charge in [-0.15, -0.1) is 0 Å². The van der Waals surface area contributed by atoms with Crippen molar-refractivity contribution >= 4 is 0 Å². The van der Waals surface area contributed by atoms with Crippen molar-refractivity contribution < 1.29 is 15.3 Å². The Morgan fingerprint density at radius 2 is 1.97 bits per heavy atom. The van der Waals surface area contributed by atoms with Gasteiger partial charge >= 0.3 is 0 Å². The maximum Gasteiger partial charge on any atom is 0.0811 e. The molecule has 3 fully saturated rings. The highest BCUT2D eigenvalue weighted by atomic mass is 16.3. The van der Waals surface area contributed by atoms with E-state index in [-0.39, 0.29) is 0 Å². The highest BCUT2D eigenvalue weighted by Gasteiger charge is 2.50. The van der Waals surface area contributed by atoms with E-state index in [2.05, 4.69) is 32.6 Å². The molecule has 0 radical (unpaired) electrons. The van der Waals surface area contributed by atoms with Gasteiger partial charge in [-0.05, 0) is 93.1 Å². The van der Waals surface area contributed by atoms with Gasteiger partial charge in [-0.1, -0.05) is 51.0 Å². The Balaban J connectivity index is 1.70. The molecule has 0 bridgehead atoms. The molecule has 0 saturated heterocycles. The standard InChI is InChI=1S/C27H44O3/c1-18(8-6-14-26(3,4)30)23-12-13-24-20(9-7-15-27(23,24)5)10-11-21-16-22(28)17-25(29)19(21)2/h10-11,18,22-25,28-30H,2,6-9,12-17H2,1,3-5H3/b20-10+,21-11-/t18-,22-,23?,24?,25+,27?/m1/s1. The third-order valence-corrected chi connectivity index (χ3v) is 8.44. The summed E-state index contributed by atoms with van der Waals surface area (Å²) in [5.74, 6) is 2.11. The fourth-order valence-electron chi connectivity index (χ4n) is 6.74. The van der Waals surface area contributed by atoms with Gasteiger partial charge in [-0.3, -0.25) is 0 Å². The van der Waals surface area contributed by atoms with Gasteiger partial charge < -0.3 is 15.3 Å². The zero-order valence-corrected chi connectivity index (χ0v) is 19.7. The molecule has 3 saturated carbocycles. The summed E-state index contributed by atoms with van der Waals surface area (Å²) in [7, 11) is 0. The molecule has 0 aliphatic heterocycles. The molecule has 3 unspecified atom stereocenters. The van der Waals surface area contributed by atoms with Crippen molar-refractivity contribution in [1.29, 1.82) is 0 Å². The Bertz CT molecular complexity index is 683. The van der Waals surface area contributed by atoms with Crippen molar-refractivity contribution in [2.24, 2.45) is 23.2 Å². The molecular formula is C27H44O3. The number of fused-ring (bicyclic) bond motifs is 1. The fraction of sp³-hybridized carbons (Fsp3) is 0.778. The predicted molar refractivity (Wildman–Crippen MR) is 124 cm³/mol. The van der Waals surface area contributed by atoms with Gasteiger partial charge in [0.1, 0.15) is 0 Å². The highest BCUT2D eigenvalue weighted by molar-refractivity contribution is 5.38. The summed E-state index contributed by atoms with van der Waals surface area (Å²) in [6, 6.07) is 0. The third kappa shape index (κ3) is 5.29. The van der Waals surface area contributed by atoms with Crippen molar-refractivity contribution in [3.05, 3.63) is 35.5 Å². The summed E-state index contributed by atoms with van der Waals surface area (Å²) in [6.07, 6.45) is 13.9. The molecule has 3 aliphatic rings. The van der Waals surface area contributed by atoms with Crippen LogP contribution < -0.4 is 0 Å². The van der Waals surface area contributed by atoms with E-state index in [0.717, 1.165) is 29.9 Å². The number of aliphatic hydroxyl groups is 3. The second-order valence-corrected chi connectivity index (χ2v) is 11.3. The van der Waals surface area contributed by atoms with E-state index in [9.17, 15) is 15.3 Å². The van der Waals surface area contributed by atoms with Gasteiger partial charge in [0.25, 0.3) is 0 Å². The van der Waals surface area contributed by atoms with Crippen molar-refractivity contribution in [2.75, 3.05) is 0 Å². The molecule has 30 heavy (non-hydrogen) atoms. The zero-order chi connectivity index (χ0) is 22.1. The molecule has 3 heteroatoms. The van der Waals surface area contributed by atoms with Gasteiger partial charge in [0.05, 0.1) is 17.8 Å². The summed E-state index contributed by atoms with van der Waals surface area (Å²) < 4.78 is 0. The first-order valence-electron chi connectivity index (χ1n) is 12.2. The summed E-state index contributed by atoms with van der Waals surface area (Å²) in [4.78, 5) is 0. The van der Waals surface area contributed by atoms with E-state index in [0.29, 0.717) is 30.1 Å². The normalized spacial score (nSPS) is 38.8. The minimum Gasteiger partial charge on any atom is -0.393 e. The van der Waals surface area contributed by atoms with Crippen LogP contribution in [0, 0.1) is 23.2 Å². The van der Waals surface area contributed by atoms with E-state index in [4.69, 9.17) is 0 Å². The number of allylic oxidation sites excluding steroid dienone is 3. The first kappa shape index (κ1) is 23.8. The SMILES string of the molecule is C=C1/C(=C\C=C2/CCCC3(C)C2CCC3[C@H](C)CCCC(C)(C)O)C[C@@H](O)C[C@@H]1O. The molecule has 0 aromatic heterocycles. The van der Waals surface area contributed by atoms with E-state index in [1.54, 1.807) is 5.57 Å². The molecule has 3 rings (SSSR count). The summed E-state index contributed by atoms with van der Waals surface area (Å²) in [5, 5.41) is 30.2. The van der Waals surface area contributed by atoms with Crippen LogP contribution in [0.25, 0.3) is 0 Å². The molecule has 0 aromatic rings. The Labute approximate surface area is 184 Å². The van der Waals surface area contributed by atoms with Gasteiger partial charge in [0.2, 0.25) is 0 Å². The molecule has 0 heterocycles. The lowest BCUT2D eigenvalue weighted by Gasteiger charge is -2.44. The van der Waals surface area contributed by atoms with Crippen LogP contribution in [0.3, 0.4) is 0 Å². The van der Waals surface area contributed by atoms with E-state index >= 15 is 0 Å². The first-order valence-corrected chi connectivity index (χ1v) is 12.2. The van der Waals surface area contributed by atoms with E-state index < -0.39 is 17.8 Å². The molecule has 0 spiro atoms. The summed E-state index contributed by atoms with van der Waals surface area (Å²) in [5.41, 5.74) is 3.17. The lowest BCUT2D eigenvalue weighted by molar-refractivity contribution is 0.0596. The topological polar surface area (TPSA) is 60.7 Å².